The Balaban J connectivity index is 2.08. The van der Waals surface area contributed by atoms with Crippen LogP contribution in [0.4, 0.5) is 0 Å². The van der Waals surface area contributed by atoms with Gasteiger partial charge in [-0.2, -0.15) is 0 Å². The van der Waals surface area contributed by atoms with Crippen LogP contribution in [0.15, 0.2) is 25.3 Å². The molecule has 34 heavy (non-hydrogen) atoms. The summed E-state index contributed by atoms with van der Waals surface area (Å²) in [7, 11) is 1.74. The zero-order chi connectivity index (χ0) is 25.2. The normalized spacial score (nSPS) is 31.2. The molecule has 0 aliphatic carbocycles. The molecule has 3 aliphatic heterocycles. The van der Waals surface area contributed by atoms with Crippen molar-refractivity contribution in [2.24, 2.45) is 11.8 Å². The monoisotopic (exact) mass is 491 g/mol. The van der Waals surface area contributed by atoms with Crippen LogP contribution in [0.1, 0.15) is 52.9 Å². The highest BCUT2D eigenvalue weighted by molar-refractivity contribution is 8.02. The molecule has 8 heteroatoms. The van der Waals surface area contributed by atoms with Gasteiger partial charge in [0.2, 0.25) is 17.7 Å². The minimum absolute atomic E-state index is 0.0110. The number of fused-ring (bicyclic) bond motifs is 1. The summed E-state index contributed by atoms with van der Waals surface area (Å²) >= 11 is 1.67. The van der Waals surface area contributed by atoms with Crippen molar-refractivity contribution in [1.82, 2.24) is 14.7 Å². The van der Waals surface area contributed by atoms with Gasteiger partial charge >= 0.3 is 0 Å². The second-order valence-corrected chi connectivity index (χ2v) is 11.6. The largest absolute Gasteiger partial charge is 0.394 e. The Morgan fingerprint density at radius 1 is 1.26 bits per heavy atom. The molecule has 0 aromatic carbocycles. The van der Waals surface area contributed by atoms with Crippen molar-refractivity contribution in [3.8, 4) is 0 Å². The standard InChI is InChI=1S/C26H41N3O4S/c1-7-11-17(5)28(15-9-3)25(33)22-26-13-12-19(34-26)20(23(31)27(6)14-8-2)21(26)24(32)29(22)18(10-4)16-30/h8-9,17-22,30H,2-3,7,10-16H2,1,4-6H3/t17?,18-,19-,20+,21-,22?,26?/m0/s1. The average Bonchev–Trinajstić information content (AvgIpc) is 3.45. The van der Waals surface area contributed by atoms with E-state index < -0.39 is 28.7 Å². The van der Waals surface area contributed by atoms with Crippen molar-refractivity contribution in [3.05, 3.63) is 25.3 Å². The maximum Gasteiger partial charge on any atom is 0.247 e. The van der Waals surface area contributed by atoms with E-state index >= 15 is 0 Å². The minimum Gasteiger partial charge on any atom is -0.394 e. The van der Waals surface area contributed by atoms with Crippen LogP contribution in [0.3, 0.4) is 0 Å². The Labute approximate surface area is 208 Å². The number of aliphatic hydroxyl groups is 1. The minimum atomic E-state index is -0.682. The van der Waals surface area contributed by atoms with Crippen LogP contribution in [0.5, 0.6) is 0 Å². The Kier molecular flexibility index (Phi) is 8.56. The first kappa shape index (κ1) is 26.8. The topological polar surface area (TPSA) is 81.2 Å². The highest BCUT2D eigenvalue weighted by Gasteiger charge is 2.74. The summed E-state index contributed by atoms with van der Waals surface area (Å²) in [5.41, 5.74) is 0. The van der Waals surface area contributed by atoms with E-state index in [4.69, 9.17) is 0 Å². The van der Waals surface area contributed by atoms with E-state index in [1.807, 2.05) is 18.7 Å². The number of thioether (sulfide) groups is 1. The molecule has 1 spiro atoms. The molecule has 3 saturated heterocycles. The highest BCUT2D eigenvalue weighted by atomic mass is 32.2. The van der Waals surface area contributed by atoms with Crippen molar-refractivity contribution in [3.63, 3.8) is 0 Å². The lowest BCUT2D eigenvalue weighted by Crippen LogP contribution is -2.58. The van der Waals surface area contributed by atoms with Crippen molar-refractivity contribution < 1.29 is 19.5 Å². The fourth-order valence-corrected chi connectivity index (χ4v) is 8.55. The molecule has 3 heterocycles. The van der Waals surface area contributed by atoms with E-state index in [9.17, 15) is 19.5 Å². The van der Waals surface area contributed by atoms with Crippen LogP contribution in [0.2, 0.25) is 0 Å². The third kappa shape index (κ3) is 4.21. The van der Waals surface area contributed by atoms with E-state index in [-0.39, 0.29) is 35.6 Å². The molecule has 0 aromatic heterocycles. The average molecular weight is 492 g/mol. The summed E-state index contributed by atoms with van der Waals surface area (Å²) in [6, 6.07) is -1.12. The molecule has 3 rings (SSSR count). The number of hydrogen-bond acceptors (Lipinski definition) is 5. The lowest BCUT2D eigenvalue weighted by Gasteiger charge is -2.41. The lowest BCUT2D eigenvalue weighted by molar-refractivity contribution is -0.147. The van der Waals surface area contributed by atoms with Gasteiger partial charge in [0.1, 0.15) is 6.04 Å². The fraction of sp³-hybridized carbons (Fsp3) is 0.731. The first-order valence-corrected chi connectivity index (χ1v) is 13.5. The van der Waals surface area contributed by atoms with Gasteiger partial charge in [-0.15, -0.1) is 24.9 Å². The van der Waals surface area contributed by atoms with Gasteiger partial charge in [0.25, 0.3) is 0 Å². The van der Waals surface area contributed by atoms with Crippen LogP contribution >= 0.6 is 11.8 Å². The second-order valence-electron chi connectivity index (χ2n) is 9.97. The molecule has 2 bridgehead atoms. The number of amides is 3. The Morgan fingerprint density at radius 2 is 1.94 bits per heavy atom. The molecular weight excluding hydrogens is 450 g/mol. The van der Waals surface area contributed by atoms with Crippen molar-refractivity contribution in [2.75, 3.05) is 26.7 Å². The van der Waals surface area contributed by atoms with Crippen LogP contribution in [0.25, 0.3) is 0 Å². The first-order chi connectivity index (χ1) is 16.2. The van der Waals surface area contributed by atoms with Gasteiger partial charge in [0, 0.05) is 31.4 Å². The maximum absolute atomic E-state index is 14.3. The van der Waals surface area contributed by atoms with Crippen LogP contribution < -0.4 is 0 Å². The van der Waals surface area contributed by atoms with Gasteiger partial charge in [0.15, 0.2) is 0 Å². The summed E-state index contributed by atoms with van der Waals surface area (Å²) in [6.07, 6.45) is 7.31. The van der Waals surface area contributed by atoms with E-state index in [0.717, 1.165) is 25.7 Å². The zero-order valence-corrected chi connectivity index (χ0v) is 21.9. The van der Waals surface area contributed by atoms with Gasteiger partial charge in [0.05, 0.1) is 29.2 Å². The number of carbonyl (C=O) groups is 3. The number of carbonyl (C=O) groups excluding carboxylic acids is 3. The summed E-state index contributed by atoms with van der Waals surface area (Å²) in [5.74, 6) is -1.28. The Morgan fingerprint density at radius 3 is 2.50 bits per heavy atom. The predicted molar refractivity (Wildman–Crippen MR) is 136 cm³/mol. The van der Waals surface area contributed by atoms with Gasteiger partial charge in [-0.05, 0) is 32.6 Å². The summed E-state index contributed by atoms with van der Waals surface area (Å²) < 4.78 is -0.637. The summed E-state index contributed by atoms with van der Waals surface area (Å²) in [5, 5.41) is 10.2. The fourth-order valence-electron chi connectivity index (χ4n) is 6.35. The quantitative estimate of drug-likeness (QED) is 0.425. The van der Waals surface area contributed by atoms with Crippen LogP contribution in [-0.4, -0.2) is 92.4 Å². The smallest absolute Gasteiger partial charge is 0.247 e. The molecule has 3 amide bonds. The second kappa shape index (κ2) is 10.9. The lowest BCUT2D eigenvalue weighted by atomic mass is 9.70. The third-order valence-electron chi connectivity index (χ3n) is 7.96. The number of nitrogens with zero attached hydrogens (tertiary/aromatic N) is 3. The molecule has 3 fully saturated rings. The van der Waals surface area contributed by atoms with E-state index in [1.165, 1.54) is 0 Å². The number of hydrogen-bond donors (Lipinski definition) is 1. The summed E-state index contributed by atoms with van der Waals surface area (Å²) in [4.78, 5) is 46.9. The highest BCUT2D eigenvalue weighted by Crippen LogP contribution is 2.67. The number of likely N-dealkylation sites (N-methyl/N-ethyl adjacent to an activating group) is 1. The van der Waals surface area contributed by atoms with Gasteiger partial charge in [-0.3, -0.25) is 14.4 Å². The van der Waals surface area contributed by atoms with Crippen molar-refractivity contribution in [1.29, 1.82) is 0 Å². The summed E-state index contributed by atoms with van der Waals surface area (Å²) in [6.45, 7) is 14.3. The van der Waals surface area contributed by atoms with E-state index in [2.05, 4.69) is 20.1 Å². The van der Waals surface area contributed by atoms with Gasteiger partial charge < -0.3 is 19.8 Å². The molecule has 7 nitrogen and oxygen atoms in total. The van der Waals surface area contributed by atoms with E-state index in [1.54, 1.807) is 40.8 Å². The molecule has 190 valence electrons. The zero-order valence-electron chi connectivity index (χ0n) is 21.1. The first-order valence-electron chi connectivity index (χ1n) is 12.6. The van der Waals surface area contributed by atoms with Gasteiger partial charge in [-0.1, -0.05) is 32.4 Å². The van der Waals surface area contributed by atoms with E-state index in [0.29, 0.717) is 19.5 Å². The van der Waals surface area contributed by atoms with Crippen molar-refractivity contribution >= 4 is 29.5 Å². The molecule has 0 saturated carbocycles. The molecule has 0 radical (unpaired) electrons. The molecule has 1 N–H and O–H groups in total. The van der Waals surface area contributed by atoms with Crippen LogP contribution in [0, 0.1) is 11.8 Å². The Hall–Kier alpha value is -1.80. The molecule has 7 atom stereocenters. The number of aliphatic hydroxyl groups excluding tert-OH is 1. The SMILES string of the molecule is C=CCN(C)C(=O)[C@@H]1[C@@H]2CCC3(S2)C(C(=O)N(CC=C)C(C)CCC)N([C@@H](CC)CO)C(=O)[C@H]13. The third-order valence-corrected chi connectivity index (χ3v) is 9.91. The molecular formula is C26H41N3O4S. The molecule has 3 unspecified atom stereocenters. The number of rotatable bonds is 12. The van der Waals surface area contributed by atoms with Crippen LogP contribution in [-0.2, 0) is 14.4 Å². The molecule has 3 aliphatic rings. The Bertz CT molecular complexity index is 816. The number of likely N-dealkylation sites (tertiary alicyclic amines) is 1. The maximum atomic E-state index is 14.3. The van der Waals surface area contributed by atoms with Crippen molar-refractivity contribution in [2.45, 2.75) is 81.0 Å². The predicted octanol–water partition coefficient (Wildman–Crippen LogP) is 2.70. The molecule has 0 aromatic rings. The van der Waals surface area contributed by atoms with Gasteiger partial charge in [-0.25, -0.2) is 0 Å².